The third-order valence-corrected chi connectivity index (χ3v) is 6.01. The lowest BCUT2D eigenvalue weighted by Gasteiger charge is -2.38. The summed E-state index contributed by atoms with van der Waals surface area (Å²) in [4.78, 5) is 0. The van der Waals surface area contributed by atoms with Crippen LogP contribution < -0.4 is 0 Å². The Balaban J connectivity index is 1.89. The van der Waals surface area contributed by atoms with Gasteiger partial charge in [-0.3, -0.25) is 0 Å². The molecular weight excluding hydrogens is 282 g/mol. The largest absolute Gasteiger partial charge is 0.452 e. The average molecular weight is 301 g/mol. The molecule has 112 valence electrons. The molecule has 0 unspecified atom stereocenters. The number of morpholine rings is 1. The van der Waals surface area contributed by atoms with Crippen LogP contribution in [0.5, 0.6) is 0 Å². The first kappa shape index (κ1) is 14.1. The van der Waals surface area contributed by atoms with Crippen LogP contribution >= 0.6 is 0 Å². The van der Waals surface area contributed by atoms with Gasteiger partial charge in [-0.2, -0.15) is 4.31 Å². The summed E-state index contributed by atoms with van der Waals surface area (Å²) in [6, 6.07) is 2.70. The number of aliphatic hydroxyl groups is 1. The van der Waals surface area contributed by atoms with Crippen LogP contribution in [-0.4, -0.2) is 49.7 Å². The van der Waals surface area contributed by atoms with Crippen LogP contribution in [0.25, 0.3) is 0 Å². The van der Waals surface area contributed by atoms with Gasteiger partial charge in [0.05, 0.1) is 31.6 Å². The van der Waals surface area contributed by atoms with E-state index < -0.39 is 16.1 Å². The fourth-order valence-electron chi connectivity index (χ4n) is 3.19. The fourth-order valence-corrected chi connectivity index (χ4v) is 4.73. The number of hydrogen-bond donors (Lipinski definition) is 1. The highest BCUT2D eigenvalue weighted by Crippen LogP contribution is 2.34. The van der Waals surface area contributed by atoms with E-state index in [-0.39, 0.29) is 17.1 Å². The lowest BCUT2D eigenvalue weighted by atomic mass is 9.96. The van der Waals surface area contributed by atoms with Gasteiger partial charge >= 0.3 is 0 Å². The van der Waals surface area contributed by atoms with E-state index in [4.69, 9.17) is 9.15 Å². The first-order valence-electron chi connectivity index (χ1n) is 6.92. The topological polar surface area (TPSA) is 80.0 Å². The summed E-state index contributed by atoms with van der Waals surface area (Å²) < 4.78 is 37.2. The monoisotopic (exact) mass is 301 g/mol. The summed E-state index contributed by atoms with van der Waals surface area (Å²) in [5.74, 6) is -0.0555. The number of rotatable bonds is 3. The van der Waals surface area contributed by atoms with Crippen molar-refractivity contribution in [2.75, 3.05) is 19.8 Å². The summed E-state index contributed by atoms with van der Waals surface area (Å²) in [5, 5.41) is 10.0. The predicted octanol–water partition coefficient (Wildman–Crippen LogP) is 0.830. The van der Waals surface area contributed by atoms with E-state index >= 15 is 0 Å². The zero-order chi connectivity index (χ0) is 14.2. The maximum Gasteiger partial charge on any atom is 0.276 e. The van der Waals surface area contributed by atoms with Crippen molar-refractivity contribution in [2.24, 2.45) is 5.92 Å². The van der Waals surface area contributed by atoms with Gasteiger partial charge in [-0.1, -0.05) is 6.42 Å². The van der Waals surface area contributed by atoms with Gasteiger partial charge in [0.2, 0.25) is 5.09 Å². The minimum absolute atomic E-state index is 0.0445. The Labute approximate surface area is 118 Å². The van der Waals surface area contributed by atoms with Crippen LogP contribution in [0.2, 0.25) is 0 Å². The predicted molar refractivity (Wildman–Crippen MR) is 70.6 cm³/mol. The van der Waals surface area contributed by atoms with Crippen LogP contribution in [0.4, 0.5) is 0 Å². The lowest BCUT2D eigenvalue weighted by Crippen LogP contribution is -2.53. The van der Waals surface area contributed by atoms with Crippen molar-refractivity contribution < 1.29 is 22.7 Å². The molecular formula is C13H19NO5S. The van der Waals surface area contributed by atoms with E-state index in [0.29, 0.717) is 19.8 Å². The summed E-state index contributed by atoms with van der Waals surface area (Å²) >= 11 is 0. The Morgan fingerprint density at radius 3 is 2.85 bits per heavy atom. The Morgan fingerprint density at radius 2 is 2.20 bits per heavy atom. The Bertz CT molecular complexity index is 541. The number of furan rings is 1. The second-order valence-electron chi connectivity index (χ2n) is 5.35. The number of hydrogen-bond acceptors (Lipinski definition) is 5. The van der Waals surface area contributed by atoms with E-state index in [0.717, 1.165) is 19.3 Å². The molecule has 3 atom stereocenters. The van der Waals surface area contributed by atoms with Crippen molar-refractivity contribution in [3.05, 3.63) is 18.4 Å². The van der Waals surface area contributed by atoms with Crippen molar-refractivity contribution in [1.82, 2.24) is 4.31 Å². The highest BCUT2D eigenvalue weighted by molar-refractivity contribution is 7.89. The van der Waals surface area contributed by atoms with Crippen molar-refractivity contribution in [3.63, 3.8) is 0 Å². The van der Waals surface area contributed by atoms with Gasteiger partial charge in [-0.15, -0.1) is 0 Å². The average Bonchev–Trinajstić information content (AvgIpc) is 3.10. The maximum atomic E-state index is 12.6. The Kier molecular flexibility index (Phi) is 3.85. The van der Waals surface area contributed by atoms with Crippen molar-refractivity contribution in [3.8, 4) is 0 Å². The number of sulfonamides is 1. The van der Waals surface area contributed by atoms with Gasteiger partial charge in [0, 0.05) is 12.5 Å². The molecule has 1 saturated carbocycles. The van der Waals surface area contributed by atoms with Crippen LogP contribution in [0.3, 0.4) is 0 Å². The van der Waals surface area contributed by atoms with Gasteiger partial charge < -0.3 is 14.3 Å². The van der Waals surface area contributed by atoms with Gasteiger partial charge in [-0.05, 0) is 25.0 Å². The van der Waals surface area contributed by atoms with E-state index in [2.05, 4.69) is 0 Å². The van der Waals surface area contributed by atoms with Crippen molar-refractivity contribution in [2.45, 2.75) is 36.5 Å². The second-order valence-corrected chi connectivity index (χ2v) is 7.17. The highest BCUT2D eigenvalue weighted by Gasteiger charge is 2.43. The van der Waals surface area contributed by atoms with Crippen molar-refractivity contribution >= 4 is 10.0 Å². The minimum Gasteiger partial charge on any atom is -0.452 e. The molecule has 0 aromatic carbocycles. The minimum atomic E-state index is -3.65. The molecule has 1 saturated heterocycles. The van der Waals surface area contributed by atoms with Crippen molar-refractivity contribution in [1.29, 1.82) is 0 Å². The molecule has 7 heteroatoms. The molecule has 6 nitrogen and oxygen atoms in total. The Hall–Kier alpha value is -0.890. The van der Waals surface area contributed by atoms with E-state index in [1.54, 1.807) is 6.07 Å². The molecule has 0 spiro atoms. The third kappa shape index (κ3) is 2.39. The van der Waals surface area contributed by atoms with Crippen LogP contribution in [0.15, 0.2) is 27.9 Å². The SMILES string of the molecule is O=S(=O)(c1ccco1)N1CCOC[C@@H]1[C@@H]1CCC[C@@H]1O. The summed E-state index contributed by atoms with van der Waals surface area (Å²) in [5.41, 5.74) is 0. The number of ether oxygens (including phenoxy) is 1. The summed E-state index contributed by atoms with van der Waals surface area (Å²) in [6.45, 7) is 1.01. The van der Waals surface area contributed by atoms with E-state index in [1.165, 1.54) is 16.6 Å². The van der Waals surface area contributed by atoms with Gasteiger partial charge in [0.1, 0.15) is 0 Å². The molecule has 1 aliphatic heterocycles. The van der Waals surface area contributed by atoms with Gasteiger partial charge in [-0.25, -0.2) is 8.42 Å². The maximum absolute atomic E-state index is 12.6. The zero-order valence-corrected chi connectivity index (χ0v) is 12.0. The molecule has 3 rings (SSSR count). The molecule has 0 radical (unpaired) electrons. The van der Waals surface area contributed by atoms with Gasteiger partial charge in [0.25, 0.3) is 10.0 Å². The summed E-state index contributed by atoms with van der Waals surface area (Å²) in [7, 11) is -3.65. The quantitative estimate of drug-likeness (QED) is 0.894. The molecule has 0 bridgehead atoms. The molecule has 0 amide bonds. The first-order valence-corrected chi connectivity index (χ1v) is 8.36. The zero-order valence-electron chi connectivity index (χ0n) is 11.1. The smallest absolute Gasteiger partial charge is 0.276 e. The van der Waals surface area contributed by atoms with Crippen LogP contribution in [0, 0.1) is 5.92 Å². The molecule has 1 aliphatic carbocycles. The second kappa shape index (κ2) is 5.48. The van der Waals surface area contributed by atoms with E-state index in [1.807, 2.05) is 0 Å². The Morgan fingerprint density at radius 1 is 1.35 bits per heavy atom. The highest BCUT2D eigenvalue weighted by atomic mass is 32.2. The molecule has 1 N–H and O–H groups in total. The van der Waals surface area contributed by atoms with Gasteiger partial charge in [0.15, 0.2) is 0 Å². The molecule has 1 aromatic rings. The first-order chi connectivity index (χ1) is 9.60. The lowest BCUT2D eigenvalue weighted by molar-refractivity contribution is -0.0152. The van der Waals surface area contributed by atoms with Crippen LogP contribution in [-0.2, 0) is 14.8 Å². The standard InChI is InChI=1S/C13H19NO5S/c15-12-4-1-3-10(12)11-9-18-8-6-14(11)20(16,17)13-5-2-7-19-13/h2,5,7,10-12,15H,1,3-4,6,8-9H2/t10-,11+,12-/m0/s1. The summed E-state index contributed by atoms with van der Waals surface area (Å²) in [6.07, 6.45) is 3.40. The van der Waals surface area contributed by atoms with Crippen LogP contribution in [0.1, 0.15) is 19.3 Å². The molecule has 2 fully saturated rings. The fraction of sp³-hybridized carbons (Fsp3) is 0.692. The molecule has 2 heterocycles. The van der Waals surface area contributed by atoms with E-state index in [9.17, 15) is 13.5 Å². The number of aliphatic hydroxyl groups excluding tert-OH is 1. The third-order valence-electron chi connectivity index (χ3n) is 4.20. The normalized spacial score (nSPS) is 32.5. The molecule has 20 heavy (non-hydrogen) atoms. The number of nitrogens with zero attached hydrogens (tertiary/aromatic N) is 1. The molecule has 2 aliphatic rings. The molecule has 1 aromatic heterocycles.